The van der Waals surface area contributed by atoms with Gasteiger partial charge in [-0.2, -0.15) is 8.42 Å². The minimum absolute atomic E-state index is 0.109. The summed E-state index contributed by atoms with van der Waals surface area (Å²) >= 11 is 0. The van der Waals surface area contributed by atoms with Crippen molar-refractivity contribution < 1.29 is 17.4 Å². The van der Waals surface area contributed by atoms with E-state index < -0.39 is 16.2 Å². The van der Waals surface area contributed by atoms with Gasteiger partial charge in [0.05, 0.1) is 6.61 Å². The molecule has 0 fully saturated rings. The molecule has 0 bridgehead atoms. The Kier molecular flexibility index (Phi) is 16.0. The highest BCUT2D eigenvalue weighted by atomic mass is 32.2. The predicted molar refractivity (Wildman–Crippen MR) is 104 cm³/mol. The molecule has 0 saturated heterocycles. The van der Waals surface area contributed by atoms with Crippen LogP contribution < -0.4 is 4.72 Å². The van der Waals surface area contributed by atoms with Gasteiger partial charge in [0, 0.05) is 0 Å². The Morgan fingerprint density at radius 1 is 0.840 bits per heavy atom. The number of carbonyl (C=O) groups excluding carboxylic acids is 1. The number of amides is 1. The molecule has 25 heavy (non-hydrogen) atoms. The van der Waals surface area contributed by atoms with Gasteiger partial charge in [0.2, 0.25) is 0 Å². The summed E-state index contributed by atoms with van der Waals surface area (Å²) in [4.78, 5) is 10.9. The number of hydrogen-bond acceptors (Lipinski definition) is 4. The Morgan fingerprint density at radius 2 is 1.24 bits per heavy atom. The predicted octanol–water partition coefficient (Wildman–Crippen LogP) is 5.03. The highest BCUT2D eigenvalue weighted by Crippen LogP contribution is 2.13. The van der Waals surface area contributed by atoms with Crippen molar-refractivity contribution in [3.8, 4) is 0 Å². The Balaban J connectivity index is 3.29. The third-order valence-electron chi connectivity index (χ3n) is 4.15. The first-order valence-electron chi connectivity index (χ1n) is 9.85. The molecule has 0 unspecified atom stereocenters. The van der Waals surface area contributed by atoms with Crippen LogP contribution in [0.4, 0.5) is 0 Å². The van der Waals surface area contributed by atoms with Crippen LogP contribution in [0.15, 0.2) is 12.7 Å². The summed E-state index contributed by atoms with van der Waals surface area (Å²) < 4.78 is 29.1. The van der Waals surface area contributed by atoms with Crippen LogP contribution >= 0.6 is 0 Å². The van der Waals surface area contributed by atoms with E-state index in [0.29, 0.717) is 6.42 Å². The molecule has 0 spiro atoms. The molecule has 5 nitrogen and oxygen atoms in total. The minimum Gasteiger partial charge on any atom is -0.269 e. The minimum atomic E-state index is -3.98. The van der Waals surface area contributed by atoms with Gasteiger partial charge < -0.3 is 0 Å². The quantitative estimate of drug-likeness (QED) is 0.269. The van der Waals surface area contributed by atoms with Gasteiger partial charge in [-0.05, 0) is 12.5 Å². The van der Waals surface area contributed by atoms with Gasteiger partial charge in [-0.1, -0.05) is 97.0 Å². The van der Waals surface area contributed by atoms with Crippen molar-refractivity contribution in [2.24, 2.45) is 0 Å². The molecular formula is C19H37NO4S. The molecule has 0 atom stereocenters. The summed E-state index contributed by atoms with van der Waals surface area (Å²) in [7, 11) is -3.98. The molecule has 1 N–H and O–H groups in total. The summed E-state index contributed by atoms with van der Waals surface area (Å²) in [6.45, 7) is 5.55. The van der Waals surface area contributed by atoms with E-state index in [9.17, 15) is 13.2 Å². The van der Waals surface area contributed by atoms with Crippen LogP contribution in [0.3, 0.4) is 0 Å². The summed E-state index contributed by atoms with van der Waals surface area (Å²) in [5.41, 5.74) is 0. The Hall–Kier alpha value is -0.880. The zero-order valence-corrected chi connectivity index (χ0v) is 16.7. The maximum absolute atomic E-state index is 11.3. The lowest BCUT2D eigenvalue weighted by molar-refractivity contribution is -0.114. The van der Waals surface area contributed by atoms with Gasteiger partial charge >= 0.3 is 10.3 Å². The smallest absolute Gasteiger partial charge is 0.269 e. The first-order chi connectivity index (χ1) is 12.0. The second-order valence-corrected chi connectivity index (χ2v) is 7.89. The van der Waals surface area contributed by atoms with Crippen molar-refractivity contribution in [3.63, 3.8) is 0 Å². The topological polar surface area (TPSA) is 72.5 Å². The lowest BCUT2D eigenvalue weighted by Crippen LogP contribution is -2.30. The van der Waals surface area contributed by atoms with Crippen molar-refractivity contribution in [2.75, 3.05) is 6.61 Å². The highest BCUT2D eigenvalue weighted by molar-refractivity contribution is 7.85. The first-order valence-corrected chi connectivity index (χ1v) is 11.3. The Bertz CT molecular complexity index is 435. The van der Waals surface area contributed by atoms with Gasteiger partial charge in [-0.25, -0.2) is 4.72 Å². The van der Waals surface area contributed by atoms with Crippen molar-refractivity contribution in [1.29, 1.82) is 0 Å². The molecule has 0 rings (SSSR count). The molecule has 0 aromatic carbocycles. The molecule has 1 amide bonds. The second-order valence-electron chi connectivity index (χ2n) is 6.54. The second kappa shape index (κ2) is 16.6. The molecule has 0 aromatic rings. The normalized spacial score (nSPS) is 11.4. The van der Waals surface area contributed by atoms with E-state index in [1.54, 1.807) is 4.72 Å². The van der Waals surface area contributed by atoms with Crippen molar-refractivity contribution in [3.05, 3.63) is 12.7 Å². The van der Waals surface area contributed by atoms with Gasteiger partial charge in [0.15, 0.2) is 0 Å². The number of hydrogen-bond donors (Lipinski definition) is 1. The molecular weight excluding hydrogens is 338 g/mol. The number of rotatable bonds is 18. The van der Waals surface area contributed by atoms with E-state index in [1.165, 1.54) is 70.6 Å². The molecule has 0 saturated carbocycles. The number of carbonyl (C=O) groups is 1. The summed E-state index contributed by atoms with van der Waals surface area (Å²) in [5, 5.41) is 0. The lowest BCUT2D eigenvalue weighted by Gasteiger charge is -2.05. The average Bonchev–Trinajstić information content (AvgIpc) is 2.57. The van der Waals surface area contributed by atoms with E-state index in [1.807, 2.05) is 0 Å². The van der Waals surface area contributed by atoms with Crippen LogP contribution in [-0.4, -0.2) is 20.9 Å². The largest absolute Gasteiger partial charge is 0.362 e. The number of unbranched alkanes of at least 4 members (excludes halogenated alkanes) is 13. The number of nitrogens with one attached hydrogen (secondary N) is 1. The standard InChI is InChI=1S/C19H37NO4S/c1-3-5-6-7-8-9-10-11-12-13-14-15-16-17-18-24-25(22,23)20-19(21)4-2/h4H,2-3,5-18H2,1H3,(H,20,21). The van der Waals surface area contributed by atoms with E-state index in [0.717, 1.165) is 18.9 Å². The lowest BCUT2D eigenvalue weighted by atomic mass is 10.0. The molecule has 0 heterocycles. The van der Waals surface area contributed by atoms with Crippen LogP contribution in [0.1, 0.15) is 96.8 Å². The first kappa shape index (κ1) is 24.1. The molecule has 0 aromatic heterocycles. The van der Waals surface area contributed by atoms with Crippen LogP contribution in [0.25, 0.3) is 0 Å². The van der Waals surface area contributed by atoms with Crippen LogP contribution in [0, 0.1) is 0 Å². The molecule has 0 aliphatic rings. The average molecular weight is 376 g/mol. The SMILES string of the molecule is C=CC(=O)NS(=O)(=O)OCCCCCCCCCCCCCCCC. The van der Waals surface area contributed by atoms with Crippen molar-refractivity contribution >= 4 is 16.2 Å². The third kappa shape index (κ3) is 17.7. The summed E-state index contributed by atoms with van der Waals surface area (Å²) in [5.74, 6) is -0.777. The highest BCUT2D eigenvalue weighted by Gasteiger charge is 2.12. The monoisotopic (exact) mass is 375 g/mol. The van der Waals surface area contributed by atoms with Crippen molar-refractivity contribution in [2.45, 2.75) is 96.8 Å². The summed E-state index contributed by atoms with van der Waals surface area (Å²) in [6.07, 6.45) is 18.3. The van der Waals surface area contributed by atoms with Crippen molar-refractivity contribution in [1.82, 2.24) is 4.72 Å². The van der Waals surface area contributed by atoms with Gasteiger partial charge in [0.25, 0.3) is 5.91 Å². The molecule has 0 aliphatic heterocycles. The zero-order valence-electron chi connectivity index (χ0n) is 15.9. The third-order valence-corrected chi connectivity index (χ3v) is 5.08. The fraction of sp³-hybridized carbons (Fsp3) is 0.842. The van der Waals surface area contributed by atoms with Crippen LogP contribution in [-0.2, 0) is 19.3 Å². The molecule has 148 valence electrons. The van der Waals surface area contributed by atoms with Crippen LogP contribution in [0.2, 0.25) is 0 Å². The molecule has 6 heteroatoms. The van der Waals surface area contributed by atoms with Gasteiger partial charge in [0.1, 0.15) is 0 Å². The van der Waals surface area contributed by atoms with Crippen LogP contribution in [0.5, 0.6) is 0 Å². The maximum atomic E-state index is 11.3. The Labute approximate surface area is 154 Å². The zero-order chi connectivity index (χ0) is 18.8. The van der Waals surface area contributed by atoms with E-state index in [-0.39, 0.29) is 6.61 Å². The van der Waals surface area contributed by atoms with E-state index >= 15 is 0 Å². The van der Waals surface area contributed by atoms with Gasteiger partial charge in [-0.15, -0.1) is 0 Å². The fourth-order valence-electron chi connectivity index (χ4n) is 2.66. The fourth-order valence-corrected chi connectivity index (χ4v) is 3.39. The summed E-state index contributed by atoms with van der Waals surface area (Å²) in [6, 6.07) is 0. The molecule has 0 aliphatic carbocycles. The Morgan fingerprint density at radius 3 is 1.64 bits per heavy atom. The van der Waals surface area contributed by atoms with E-state index in [2.05, 4.69) is 13.5 Å². The molecule has 0 radical (unpaired) electrons. The van der Waals surface area contributed by atoms with Gasteiger partial charge in [-0.3, -0.25) is 8.98 Å². The van der Waals surface area contributed by atoms with E-state index in [4.69, 9.17) is 4.18 Å². The maximum Gasteiger partial charge on any atom is 0.362 e.